The SMILES string of the molecule is Cc1cnc(C)c(NC(C)C(C)CCl)n1. The fourth-order valence-corrected chi connectivity index (χ4v) is 1.43. The van der Waals surface area contributed by atoms with Crippen molar-refractivity contribution in [1.82, 2.24) is 9.97 Å². The maximum Gasteiger partial charge on any atom is 0.147 e. The molecule has 2 atom stereocenters. The van der Waals surface area contributed by atoms with Gasteiger partial charge < -0.3 is 5.32 Å². The highest BCUT2D eigenvalue weighted by Crippen LogP contribution is 2.14. The average Bonchev–Trinajstić information content (AvgIpc) is 2.22. The topological polar surface area (TPSA) is 37.8 Å². The maximum atomic E-state index is 5.81. The summed E-state index contributed by atoms with van der Waals surface area (Å²) in [7, 11) is 0. The van der Waals surface area contributed by atoms with Gasteiger partial charge in [-0.2, -0.15) is 0 Å². The second kappa shape index (κ2) is 5.31. The first-order chi connectivity index (χ1) is 7.04. The third kappa shape index (κ3) is 3.34. The van der Waals surface area contributed by atoms with E-state index in [1.165, 1.54) is 0 Å². The molecule has 4 heteroatoms. The van der Waals surface area contributed by atoms with E-state index in [1.54, 1.807) is 6.20 Å². The Kier molecular flexibility index (Phi) is 4.33. The lowest BCUT2D eigenvalue weighted by Gasteiger charge is -2.20. The summed E-state index contributed by atoms with van der Waals surface area (Å²) in [6, 6.07) is 0.303. The van der Waals surface area contributed by atoms with Crippen LogP contribution in [-0.4, -0.2) is 21.9 Å². The molecule has 3 nitrogen and oxygen atoms in total. The molecule has 0 aliphatic heterocycles. The van der Waals surface area contributed by atoms with Gasteiger partial charge in [0, 0.05) is 18.1 Å². The molecule has 1 N–H and O–H groups in total. The molecule has 2 unspecified atom stereocenters. The Morgan fingerprint density at radius 1 is 1.40 bits per heavy atom. The molecule has 15 heavy (non-hydrogen) atoms. The van der Waals surface area contributed by atoms with Gasteiger partial charge in [0.05, 0.1) is 11.4 Å². The number of rotatable bonds is 4. The monoisotopic (exact) mass is 227 g/mol. The Bertz CT molecular complexity index is 328. The van der Waals surface area contributed by atoms with Crippen LogP contribution in [0.25, 0.3) is 0 Å². The van der Waals surface area contributed by atoms with E-state index >= 15 is 0 Å². The van der Waals surface area contributed by atoms with Crippen LogP contribution in [-0.2, 0) is 0 Å². The molecule has 0 amide bonds. The molecule has 0 aromatic carbocycles. The van der Waals surface area contributed by atoms with E-state index < -0.39 is 0 Å². The Hall–Kier alpha value is -0.830. The predicted octanol–water partition coefficient (Wildman–Crippen LogP) is 2.77. The second-order valence-electron chi connectivity index (χ2n) is 4.01. The second-order valence-corrected chi connectivity index (χ2v) is 4.32. The molecule has 0 bridgehead atoms. The molecule has 0 fully saturated rings. The smallest absolute Gasteiger partial charge is 0.147 e. The Morgan fingerprint density at radius 3 is 2.67 bits per heavy atom. The summed E-state index contributed by atoms with van der Waals surface area (Å²) < 4.78 is 0. The largest absolute Gasteiger partial charge is 0.366 e. The summed E-state index contributed by atoms with van der Waals surface area (Å²) in [4.78, 5) is 8.67. The highest BCUT2D eigenvalue weighted by atomic mass is 35.5. The van der Waals surface area contributed by atoms with Crippen LogP contribution in [0.2, 0.25) is 0 Å². The van der Waals surface area contributed by atoms with E-state index in [0.29, 0.717) is 17.8 Å². The molecule has 0 aliphatic rings. The summed E-state index contributed by atoms with van der Waals surface area (Å²) in [6.45, 7) is 8.11. The normalized spacial score (nSPS) is 14.7. The van der Waals surface area contributed by atoms with Gasteiger partial charge in [0.1, 0.15) is 5.82 Å². The number of nitrogens with zero attached hydrogens (tertiary/aromatic N) is 2. The van der Waals surface area contributed by atoms with Gasteiger partial charge in [-0.1, -0.05) is 6.92 Å². The Labute approximate surface area is 96.3 Å². The molecule has 0 saturated carbocycles. The van der Waals surface area contributed by atoms with Crippen molar-refractivity contribution in [2.24, 2.45) is 5.92 Å². The standard InChI is InChI=1S/C11H18ClN3/c1-7(5-12)9(3)15-11-10(4)13-6-8(2)14-11/h6-7,9H,5H2,1-4H3,(H,14,15). The highest BCUT2D eigenvalue weighted by molar-refractivity contribution is 6.18. The van der Waals surface area contributed by atoms with Crippen molar-refractivity contribution in [3.8, 4) is 0 Å². The lowest BCUT2D eigenvalue weighted by atomic mass is 10.1. The molecule has 84 valence electrons. The number of alkyl halides is 1. The molecular weight excluding hydrogens is 210 g/mol. The van der Waals surface area contributed by atoms with Crippen molar-refractivity contribution >= 4 is 17.4 Å². The molecule has 1 aromatic heterocycles. The van der Waals surface area contributed by atoms with Gasteiger partial charge in [-0.25, -0.2) is 4.98 Å². The van der Waals surface area contributed by atoms with Crippen molar-refractivity contribution in [3.05, 3.63) is 17.6 Å². The van der Waals surface area contributed by atoms with Gasteiger partial charge in [0.25, 0.3) is 0 Å². The van der Waals surface area contributed by atoms with Crippen molar-refractivity contribution in [2.45, 2.75) is 33.7 Å². The maximum absolute atomic E-state index is 5.81. The molecule has 1 rings (SSSR count). The highest BCUT2D eigenvalue weighted by Gasteiger charge is 2.12. The number of aromatic nitrogens is 2. The van der Waals surface area contributed by atoms with Crippen LogP contribution in [0.15, 0.2) is 6.20 Å². The van der Waals surface area contributed by atoms with Crippen LogP contribution >= 0.6 is 11.6 Å². The first-order valence-electron chi connectivity index (χ1n) is 5.17. The van der Waals surface area contributed by atoms with Crippen LogP contribution in [0.5, 0.6) is 0 Å². The Morgan fingerprint density at radius 2 is 2.07 bits per heavy atom. The van der Waals surface area contributed by atoms with E-state index in [2.05, 4.69) is 29.1 Å². The van der Waals surface area contributed by atoms with E-state index in [4.69, 9.17) is 11.6 Å². The molecule has 0 aliphatic carbocycles. The minimum atomic E-state index is 0.303. The fourth-order valence-electron chi connectivity index (χ4n) is 1.17. The number of hydrogen-bond donors (Lipinski definition) is 1. The fraction of sp³-hybridized carbons (Fsp3) is 0.636. The van der Waals surface area contributed by atoms with E-state index in [9.17, 15) is 0 Å². The summed E-state index contributed by atoms with van der Waals surface area (Å²) >= 11 is 5.81. The average molecular weight is 228 g/mol. The van der Waals surface area contributed by atoms with Crippen molar-refractivity contribution in [3.63, 3.8) is 0 Å². The number of aryl methyl sites for hydroxylation is 2. The number of anilines is 1. The molecule has 1 heterocycles. The van der Waals surface area contributed by atoms with Crippen LogP contribution in [0.3, 0.4) is 0 Å². The Balaban J connectivity index is 2.75. The third-order valence-electron chi connectivity index (χ3n) is 2.54. The van der Waals surface area contributed by atoms with Crippen LogP contribution in [0, 0.1) is 19.8 Å². The van der Waals surface area contributed by atoms with E-state index in [0.717, 1.165) is 17.2 Å². The summed E-state index contributed by atoms with van der Waals surface area (Å²) in [5.41, 5.74) is 1.85. The zero-order valence-corrected chi connectivity index (χ0v) is 10.5. The number of halogens is 1. The van der Waals surface area contributed by atoms with E-state index in [1.807, 2.05) is 13.8 Å². The minimum absolute atomic E-state index is 0.303. The summed E-state index contributed by atoms with van der Waals surface area (Å²) in [5.74, 6) is 1.92. The van der Waals surface area contributed by atoms with Gasteiger partial charge in [-0.3, -0.25) is 4.98 Å². The minimum Gasteiger partial charge on any atom is -0.366 e. The van der Waals surface area contributed by atoms with Gasteiger partial charge in [-0.05, 0) is 26.7 Å². The quantitative estimate of drug-likeness (QED) is 0.804. The van der Waals surface area contributed by atoms with Crippen LogP contribution in [0.4, 0.5) is 5.82 Å². The number of hydrogen-bond acceptors (Lipinski definition) is 3. The van der Waals surface area contributed by atoms with Crippen molar-refractivity contribution in [2.75, 3.05) is 11.2 Å². The van der Waals surface area contributed by atoms with Crippen molar-refractivity contribution in [1.29, 1.82) is 0 Å². The predicted molar refractivity (Wildman–Crippen MR) is 64.5 cm³/mol. The molecule has 1 aromatic rings. The molecular formula is C11H18ClN3. The zero-order valence-electron chi connectivity index (χ0n) is 9.71. The van der Waals surface area contributed by atoms with Crippen molar-refractivity contribution < 1.29 is 0 Å². The summed E-state index contributed by atoms with van der Waals surface area (Å²) in [5, 5.41) is 3.34. The molecule has 0 radical (unpaired) electrons. The number of nitrogens with one attached hydrogen (secondary N) is 1. The first kappa shape index (κ1) is 12.2. The van der Waals surface area contributed by atoms with Crippen LogP contribution < -0.4 is 5.32 Å². The summed E-state index contributed by atoms with van der Waals surface area (Å²) in [6.07, 6.45) is 1.77. The van der Waals surface area contributed by atoms with Crippen LogP contribution in [0.1, 0.15) is 25.2 Å². The third-order valence-corrected chi connectivity index (χ3v) is 3.02. The zero-order chi connectivity index (χ0) is 11.4. The van der Waals surface area contributed by atoms with E-state index in [-0.39, 0.29) is 0 Å². The van der Waals surface area contributed by atoms with Gasteiger partial charge in [0.2, 0.25) is 0 Å². The molecule has 0 saturated heterocycles. The lowest BCUT2D eigenvalue weighted by Crippen LogP contribution is -2.26. The van der Waals surface area contributed by atoms with Gasteiger partial charge in [-0.15, -0.1) is 11.6 Å². The lowest BCUT2D eigenvalue weighted by molar-refractivity contribution is 0.563. The van der Waals surface area contributed by atoms with Gasteiger partial charge in [0.15, 0.2) is 0 Å². The van der Waals surface area contributed by atoms with Gasteiger partial charge >= 0.3 is 0 Å². The molecule has 0 spiro atoms. The first-order valence-corrected chi connectivity index (χ1v) is 5.70.